The summed E-state index contributed by atoms with van der Waals surface area (Å²) in [5, 5.41) is 0. The van der Waals surface area contributed by atoms with E-state index in [0.717, 1.165) is 5.56 Å². The predicted octanol–water partition coefficient (Wildman–Crippen LogP) is 1.83. The Bertz CT molecular complexity index is 304. The van der Waals surface area contributed by atoms with E-state index < -0.39 is 0 Å². The van der Waals surface area contributed by atoms with Gasteiger partial charge in [-0.3, -0.25) is 0 Å². The number of rotatable bonds is 2. The minimum absolute atomic E-state index is 0. The molecule has 1 nitrogen and oxygen atoms in total. The van der Waals surface area contributed by atoms with Crippen molar-refractivity contribution in [2.45, 2.75) is 13.0 Å². The van der Waals surface area contributed by atoms with Gasteiger partial charge >= 0.3 is 17.1 Å². The third-order valence-corrected chi connectivity index (χ3v) is 2.00. The van der Waals surface area contributed by atoms with E-state index in [2.05, 4.69) is 60.4 Å². The molecule has 2 rings (SSSR count). The monoisotopic (exact) mass is 249 g/mol. The summed E-state index contributed by atoms with van der Waals surface area (Å²) in [5.41, 5.74) is 1.03. The van der Waals surface area contributed by atoms with Gasteiger partial charge in [-0.1, -0.05) is 6.92 Å². The molecule has 0 bridgehead atoms. The van der Waals surface area contributed by atoms with Crippen molar-refractivity contribution in [3.05, 3.63) is 60.2 Å². The summed E-state index contributed by atoms with van der Waals surface area (Å²) in [6.45, 7) is 2.10. The molecular weight excluding hydrogens is 238 g/mol. The molecule has 0 aliphatic rings. The summed E-state index contributed by atoms with van der Waals surface area (Å²) in [4.78, 5) is 2.10. The second-order valence-electron chi connectivity index (χ2n) is 3.24. The smallest absolute Gasteiger partial charge is 0.999 e. The molecule has 0 aromatic heterocycles. The fraction of sp³-hybridized carbons (Fsp3) is 0.286. The zero-order valence-electron chi connectivity index (χ0n) is 9.46. The van der Waals surface area contributed by atoms with E-state index in [1.807, 2.05) is 14.1 Å². The van der Waals surface area contributed by atoms with Crippen molar-refractivity contribution in [1.82, 2.24) is 4.90 Å². The molecule has 0 heterocycles. The summed E-state index contributed by atoms with van der Waals surface area (Å²) < 4.78 is 0. The van der Waals surface area contributed by atoms with Gasteiger partial charge in [-0.2, -0.15) is 6.04 Å². The fourth-order valence-electron chi connectivity index (χ4n) is 0.876. The molecular formula is C14H11FeN-8. The van der Waals surface area contributed by atoms with Crippen molar-refractivity contribution in [1.29, 1.82) is 0 Å². The van der Waals surface area contributed by atoms with Gasteiger partial charge in [0.15, 0.2) is 0 Å². The molecule has 0 saturated heterocycles. The molecule has 2 aromatic carbocycles. The zero-order valence-corrected chi connectivity index (χ0v) is 10.6. The van der Waals surface area contributed by atoms with Crippen molar-refractivity contribution < 1.29 is 17.1 Å². The number of hydrogen-bond donors (Lipinski definition) is 0. The van der Waals surface area contributed by atoms with Crippen LogP contribution in [0.1, 0.15) is 18.5 Å². The molecule has 1 atom stereocenters. The van der Waals surface area contributed by atoms with E-state index in [-0.39, 0.29) is 17.1 Å². The van der Waals surface area contributed by atoms with Crippen molar-refractivity contribution in [2.75, 3.05) is 14.1 Å². The van der Waals surface area contributed by atoms with Gasteiger partial charge in [0.25, 0.3) is 0 Å². The second kappa shape index (κ2) is 8.35. The quantitative estimate of drug-likeness (QED) is 0.579. The van der Waals surface area contributed by atoms with Gasteiger partial charge in [-0.05, 0) is 14.1 Å². The topological polar surface area (TPSA) is 3.24 Å². The normalized spacial score (nSPS) is 11.2. The molecule has 0 saturated carbocycles. The molecule has 0 aliphatic heterocycles. The van der Waals surface area contributed by atoms with Crippen LogP contribution in [-0.4, -0.2) is 19.0 Å². The van der Waals surface area contributed by atoms with Gasteiger partial charge in [0, 0.05) is 0 Å². The van der Waals surface area contributed by atoms with Gasteiger partial charge in [-0.15, -0.1) is 0 Å². The summed E-state index contributed by atoms with van der Waals surface area (Å²) >= 11 is 0. The van der Waals surface area contributed by atoms with Crippen LogP contribution in [0.2, 0.25) is 0 Å². The van der Waals surface area contributed by atoms with Crippen LogP contribution in [0.3, 0.4) is 0 Å². The van der Waals surface area contributed by atoms with Gasteiger partial charge < -0.3 is 65.1 Å². The van der Waals surface area contributed by atoms with Crippen LogP contribution >= 0.6 is 0 Å². The third-order valence-electron chi connectivity index (χ3n) is 2.00. The maximum Gasteiger partial charge on any atom is 2.00 e. The molecule has 0 fully saturated rings. The van der Waals surface area contributed by atoms with E-state index in [1.165, 1.54) is 0 Å². The van der Waals surface area contributed by atoms with Gasteiger partial charge in [-0.25, -0.2) is 0 Å². The Labute approximate surface area is 109 Å². The molecule has 88 valence electrons. The average Bonchev–Trinajstić information content (AvgIpc) is 2.92. The SMILES string of the molecule is C[C@@H]([c-]1[c-][c-][c-][c-]1)N(C)C.[Fe+2].[c-]1[c-][c-][cH-][c-]1. The largest absolute Gasteiger partial charge is 2.00 e. The van der Waals surface area contributed by atoms with Crippen molar-refractivity contribution in [2.24, 2.45) is 0 Å². The summed E-state index contributed by atoms with van der Waals surface area (Å²) in [5.74, 6) is 0. The molecule has 0 N–H and O–H groups in total. The number of nitrogens with zero attached hydrogens (tertiary/aromatic N) is 1. The van der Waals surface area contributed by atoms with Gasteiger partial charge in [0.05, 0.1) is 0 Å². The molecule has 2 heteroatoms. The minimum Gasteiger partial charge on any atom is -0.999 e. The second-order valence-corrected chi connectivity index (χ2v) is 3.24. The molecule has 0 unspecified atom stereocenters. The predicted molar refractivity (Wildman–Crippen MR) is 56.9 cm³/mol. The fourth-order valence-corrected chi connectivity index (χ4v) is 0.876. The van der Waals surface area contributed by atoms with Crippen LogP contribution in [0, 0.1) is 48.5 Å². The van der Waals surface area contributed by atoms with Crippen molar-refractivity contribution in [3.8, 4) is 0 Å². The molecule has 0 amide bonds. The maximum atomic E-state index is 2.94. The Morgan fingerprint density at radius 3 is 1.81 bits per heavy atom. The van der Waals surface area contributed by atoms with Gasteiger partial charge in [0.1, 0.15) is 0 Å². The van der Waals surface area contributed by atoms with Crippen molar-refractivity contribution >= 4 is 0 Å². The Hall–Kier alpha value is -0.821. The third kappa shape index (κ3) is 5.31. The first-order valence-corrected chi connectivity index (χ1v) is 4.60. The van der Waals surface area contributed by atoms with E-state index >= 15 is 0 Å². The summed E-state index contributed by atoms with van der Waals surface area (Å²) in [7, 11) is 4.05. The summed E-state index contributed by atoms with van der Waals surface area (Å²) in [6.07, 6.45) is 0. The molecule has 0 spiro atoms. The first kappa shape index (κ1) is 15.2. The Balaban J connectivity index is 0.000000318. The molecule has 0 aliphatic carbocycles. The van der Waals surface area contributed by atoms with Crippen LogP contribution in [0.15, 0.2) is 6.07 Å². The average molecular weight is 249 g/mol. The van der Waals surface area contributed by atoms with E-state index in [9.17, 15) is 0 Å². The Kier molecular flexibility index (Phi) is 7.92. The molecule has 2 aromatic rings. The van der Waals surface area contributed by atoms with Crippen LogP contribution < -0.4 is 0 Å². The Morgan fingerprint density at radius 1 is 1.00 bits per heavy atom. The number of hydrogen-bond acceptors (Lipinski definition) is 1. The molecule has 16 heavy (non-hydrogen) atoms. The van der Waals surface area contributed by atoms with E-state index in [1.54, 1.807) is 6.07 Å². The maximum absolute atomic E-state index is 2.94. The summed E-state index contributed by atoms with van der Waals surface area (Å²) in [6, 6.07) is 23.7. The van der Waals surface area contributed by atoms with Crippen molar-refractivity contribution in [3.63, 3.8) is 0 Å². The van der Waals surface area contributed by atoms with E-state index in [0.29, 0.717) is 6.04 Å². The van der Waals surface area contributed by atoms with Gasteiger partial charge in [0.2, 0.25) is 0 Å². The van der Waals surface area contributed by atoms with Crippen LogP contribution in [0.4, 0.5) is 0 Å². The minimum atomic E-state index is 0. The molecule has 0 radical (unpaired) electrons. The van der Waals surface area contributed by atoms with E-state index in [4.69, 9.17) is 0 Å². The standard InChI is InChI=1S/C9H10N.C5H.Fe/c1-8(10(2)3)9-6-4-5-7-9;1-2-4-5-3-1;/h8H,1-3H3;1H;/q2*-5;+2/t8-;;/m0../s1. The first-order valence-electron chi connectivity index (χ1n) is 4.60. The first-order chi connectivity index (χ1) is 7.22. The van der Waals surface area contributed by atoms with Crippen LogP contribution in [0.5, 0.6) is 0 Å². The van der Waals surface area contributed by atoms with Crippen LogP contribution in [0.25, 0.3) is 0 Å². The Morgan fingerprint density at radius 2 is 1.50 bits per heavy atom. The zero-order chi connectivity index (χ0) is 11.1. The van der Waals surface area contributed by atoms with Crippen LogP contribution in [-0.2, 0) is 17.1 Å².